The number of hydrogen-bond donors (Lipinski definition) is 0. The van der Waals surface area contributed by atoms with Gasteiger partial charge in [0.1, 0.15) is 11.2 Å². The van der Waals surface area contributed by atoms with Gasteiger partial charge in [-0.2, -0.15) is 0 Å². The topological polar surface area (TPSA) is 55.8 Å². The molecule has 0 spiro atoms. The SMILES string of the molecule is COC1(C(C)=O)CCN(C(=O)OC(C)(C)C)CC1. The summed E-state index contributed by atoms with van der Waals surface area (Å²) in [7, 11) is 1.55. The Hall–Kier alpha value is -1.10. The Labute approximate surface area is 108 Å². The largest absolute Gasteiger partial charge is 0.444 e. The lowest BCUT2D eigenvalue weighted by molar-refractivity contribution is -0.144. The third kappa shape index (κ3) is 3.45. The summed E-state index contributed by atoms with van der Waals surface area (Å²) in [5.41, 5.74) is -1.22. The van der Waals surface area contributed by atoms with Gasteiger partial charge in [-0.25, -0.2) is 4.79 Å². The maximum atomic E-state index is 11.9. The molecule has 5 nitrogen and oxygen atoms in total. The van der Waals surface area contributed by atoms with E-state index in [0.29, 0.717) is 25.9 Å². The Morgan fingerprint density at radius 2 is 1.67 bits per heavy atom. The quantitative estimate of drug-likeness (QED) is 0.759. The Bertz CT molecular complexity index is 324. The van der Waals surface area contributed by atoms with Crippen molar-refractivity contribution >= 4 is 11.9 Å². The molecule has 0 radical (unpaired) electrons. The lowest BCUT2D eigenvalue weighted by Crippen LogP contribution is -2.52. The van der Waals surface area contributed by atoms with Crippen LogP contribution in [0, 0.1) is 0 Å². The minimum absolute atomic E-state index is 0.0221. The molecule has 1 amide bonds. The van der Waals surface area contributed by atoms with Crippen LogP contribution in [0.2, 0.25) is 0 Å². The molecule has 0 bridgehead atoms. The molecule has 5 heteroatoms. The van der Waals surface area contributed by atoms with Crippen LogP contribution in [0.15, 0.2) is 0 Å². The van der Waals surface area contributed by atoms with Crippen LogP contribution in [0.5, 0.6) is 0 Å². The van der Waals surface area contributed by atoms with Gasteiger partial charge in [-0.15, -0.1) is 0 Å². The Morgan fingerprint density at radius 1 is 1.17 bits per heavy atom. The fraction of sp³-hybridized carbons (Fsp3) is 0.846. The van der Waals surface area contributed by atoms with Crippen molar-refractivity contribution in [3.63, 3.8) is 0 Å². The third-order valence-electron chi connectivity index (χ3n) is 3.26. The van der Waals surface area contributed by atoms with Crippen molar-refractivity contribution in [2.24, 2.45) is 0 Å². The van der Waals surface area contributed by atoms with Gasteiger partial charge in [-0.3, -0.25) is 4.79 Å². The number of carbonyl (C=O) groups excluding carboxylic acids is 2. The van der Waals surface area contributed by atoms with E-state index in [4.69, 9.17) is 9.47 Å². The van der Waals surface area contributed by atoms with E-state index in [1.54, 1.807) is 12.0 Å². The monoisotopic (exact) mass is 257 g/mol. The molecule has 0 N–H and O–H groups in total. The smallest absolute Gasteiger partial charge is 0.410 e. The third-order valence-corrected chi connectivity index (χ3v) is 3.26. The molecule has 1 aliphatic rings. The normalized spacial score (nSPS) is 19.5. The number of Topliss-reactive ketones (excluding diaryl/α,β-unsaturated/α-hetero) is 1. The zero-order chi connectivity index (χ0) is 14.0. The zero-order valence-corrected chi connectivity index (χ0v) is 11.9. The maximum Gasteiger partial charge on any atom is 0.410 e. The lowest BCUT2D eigenvalue weighted by atomic mass is 9.88. The predicted molar refractivity (Wildman–Crippen MR) is 67.5 cm³/mol. The van der Waals surface area contributed by atoms with Gasteiger partial charge < -0.3 is 14.4 Å². The average Bonchev–Trinajstić information content (AvgIpc) is 2.26. The predicted octanol–water partition coefficient (Wildman–Crippen LogP) is 1.99. The molecule has 0 unspecified atom stereocenters. The van der Waals surface area contributed by atoms with Crippen LogP contribution in [-0.2, 0) is 14.3 Å². The van der Waals surface area contributed by atoms with Crippen LogP contribution in [0.25, 0.3) is 0 Å². The summed E-state index contributed by atoms with van der Waals surface area (Å²) < 4.78 is 10.6. The van der Waals surface area contributed by atoms with E-state index in [2.05, 4.69) is 0 Å². The minimum Gasteiger partial charge on any atom is -0.444 e. The van der Waals surface area contributed by atoms with Crippen LogP contribution in [0.4, 0.5) is 4.79 Å². The molecular formula is C13H23NO4. The number of rotatable bonds is 2. The van der Waals surface area contributed by atoms with Crippen molar-refractivity contribution in [2.45, 2.75) is 51.7 Å². The second kappa shape index (κ2) is 5.26. The molecule has 104 valence electrons. The molecule has 0 saturated carbocycles. The second-order valence-corrected chi connectivity index (χ2v) is 5.72. The molecule has 1 rings (SSSR count). The highest BCUT2D eigenvalue weighted by Crippen LogP contribution is 2.27. The van der Waals surface area contributed by atoms with Gasteiger partial charge in [-0.1, -0.05) is 0 Å². The molecule has 0 aliphatic carbocycles. The molecule has 0 aromatic rings. The summed E-state index contributed by atoms with van der Waals surface area (Å²) >= 11 is 0. The fourth-order valence-corrected chi connectivity index (χ4v) is 2.08. The Kier molecular flexibility index (Phi) is 4.37. The van der Waals surface area contributed by atoms with Crippen LogP contribution in [0.1, 0.15) is 40.5 Å². The molecule has 1 heterocycles. The van der Waals surface area contributed by atoms with Gasteiger partial charge in [0.2, 0.25) is 0 Å². The molecule has 1 aliphatic heterocycles. The van der Waals surface area contributed by atoms with Crippen LogP contribution >= 0.6 is 0 Å². The number of hydrogen-bond acceptors (Lipinski definition) is 4. The van der Waals surface area contributed by atoms with Gasteiger partial charge in [0.15, 0.2) is 5.78 Å². The van der Waals surface area contributed by atoms with E-state index in [1.165, 1.54) is 6.92 Å². The first-order valence-electron chi connectivity index (χ1n) is 6.24. The molecule has 0 aromatic carbocycles. The van der Waals surface area contributed by atoms with Gasteiger partial charge in [0.05, 0.1) is 0 Å². The summed E-state index contributed by atoms with van der Waals surface area (Å²) in [5, 5.41) is 0. The van der Waals surface area contributed by atoms with Crippen molar-refractivity contribution in [3.05, 3.63) is 0 Å². The number of carbonyl (C=O) groups is 2. The van der Waals surface area contributed by atoms with Crippen LogP contribution < -0.4 is 0 Å². The summed E-state index contributed by atoms with van der Waals surface area (Å²) in [4.78, 5) is 25.1. The summed E-state index contributed by atoms with van der Waals surface area (Å²) in [6.07, 6.45) is 0.728. The van der Waals surface area contributed by atoms with Crippen molar-refractivity contribution < 1.29 is 19.1 Å². The highest BCUT2D eigenvalue weighted by atomic mass is 16.6. The van der Waals surface area contributed by atoms with E-state index >= 15 is 0 Å². The molecule has 0 aromatic heterocycles. The first-order chi connectivity index (χ1) is 8.20. The molecule has 0 atom stereocenters. The number of likely N-dealkylation sites (tertiary alicyclic amines) is 1. The van der Waals surface area contributed by atoms with Crippen molar-refractivity contribution in [2.75, 3.05) is 20.2 Å². The van der Waals surface area contributed by atoms with Gasteiger partial charge in [0.25, 0.3) is 0 Å². The number of methoxy groups -OCH3 is 1. The van der Waals surface area contributed by atoms with Crippen molar-refractivity contribution in [1.82, 2.24) is 4.90 Å². The molecular weight excluding hydrogens is 234 g/mol. The van der Waals surface area contributed by atoms with Crippen LogP contribution in [-0.4, -0.2) is 48.2 Å². The van der Waals surface area contributed by atoms with E-state index in [1.807, 2.05) is 20.8 Å². The van der Waals surface area contributed by atoms with Gasteiger partial charge in [0, 0.05) is 33.0 Å². The number of amides is 1. The summed E-state index contributed by atoms with van der Waals surface area (Å²) in [6.45, 7) is 8.02. The Morgan fingerprint density at radius 3 is 2.00 bits per heavy atom. The minimum atomic E-state index is -0.724. The lowest BCUT2D eigenvalue weighted by Gasteiger charge is -2.39. The molecule has 1 fully saturated rings. The average molecular weight is 257 g/mol. The number of ether oxygens (including phenoxy) is 2. The maximum absolute atomic E-state index is 11.9. The Balaban J connectivity index is 2.58. The fourth-order valence-electron chi connectivity index (χ4n) is 2.08. The molecule has 18 heavy (non-hydrogen) atoms. The first-order valence-corrected chi connectivity index (χ1v) is 6.24. The van der Waals surface area contributed by atoms with Crippen molar-refractivity contribution in [3.8, 4) is 0 Å². The van der Waals surface area contributed by atoms with Crippen LogP contribution in [0.3, 0.4) is 0 Å². The van der Waals surface area contributed by atoms with E-state index in [9.17, 15) is 9.59 Å². The highest BCUT2D eigenvalue weighted by Gasteiger charge is 2.40. The van der Waals surface area contributed by atoms with E-state index < -0.39 is 11.2 Å². The number of nitrogens with zero attached hydrogens (tertiary/aromatic N) is 1. The standard InChI is InChI=1S/C13H23NO4/c1-10(15)13(17-5)6-8-14(9-7-13)11(16)18-12(2,3)4/h6-9H2,1-5H3. The van der Waals surface area contributed by atoms with Gasteiger partial charge >= 0.3 is 6.09 Å². The number of piperidine rings is 1. The summed E-state index contributed by atoms with van der Waals surface area (Å²) in [6, 6.07) is 0. The van der Waals surface area contributed by atoms with Crippen molar-refractivity contribution in [1.29, 1.82) is 0 Å². The molecule has 1 saturated heterocycles. The van der Waals surface area contributed by atoms with E-state index in [0.717, 1.165) is 0 Å². The first kappa shape index (κ1) is 15.0. The van der Waals surface area contributed by atoms with Gasteiger partial charge in [-0.05, 0) is 27.7 Å². The summed E-state index contributed by atoms with van der Waals surface area (Å²) in [5.74, 6) is 0.0221. The zero-order valence-electron chi connectivity index (χ0n) is 11.9. The number of ketones is 1. The second-order valence-electron chi connectivity index (χ2n) is 5.72. The van der Waals surface area contributed by atoms with E-state index in [-0.39, 0.29) is 11.9 Å². The highest BCUT2D eigenvalue weighted by molar-refractivity contribution is 5.85.